The molecule has 0 saturated carbocycles. The monoisotopic (exact) mass is 440 g/mol. The van der Waals surface area contributed by atoms with Crippen molar-refractivity contribution in [3.05, 3.63) is 57.9 Å². The van der Waals surface area contributed by atoms with Gasteiger partial charge in [-0.15, -0.1) is 11.3 Å². The number of furan rings is 1. The van der Waals surface area contributed by atoms with Gasteiger partial charge in [0.15, 0.2) is 0 Å². The highest BCUT2D eigenvalue weighted by molar-refractivity contribution is 7.16. The number of amides is 1. The summed E-state index contributed by atoms with van der Waals surface area (Å²) in [7, 11) is 3.19. The van der Waals surface area contributed by atoms with E-state index in [1.54, 1.807) is 43.8 Å². The molecule has 0 unspecified atom stereocenters. The first kappa shape index (κ1) is 21.3. The summed E-state index contributed by atoms with van der Waals surface area (Å²) in [5.41, 5.74) is 2.46. The maximum Gasteiger partial charge on any atom is 0.259 e. The highest BCUT2D eigenvalue weighted by Gasteiger charge is 2.28. The second-order valence-electron chi connectivity index (χ2n) is 7.94. The maximum atomic E-state index is 13.5. The Hall–Kier alpha value is -2.93. The highest BCUT2D eigenvalue weighted by atomic mass is 32.1. The van der Waals surface area contributed by atoms with Crippen LogP contribution in [0.4, 0.5) is 10.7 Å². The van der Waals surface area contributed by atoms with Gasteiger partial charge in [0.05, 0.1) is 32.0 Å². The van der Waals surface area contributed by atoms with Gasteiger partial charge >= 0.3 is 0 Å². The lowest BCUT2D eigenvalue weighted by Gasteiger charge is -2.19. The molecular weight excluding hydrogens is 412 g/mol. The van der Waals surface area contributed by atoms with Gasteiger partial charge in [-0.25, -0.2) is 0 Å². The second kappa shape index (κ2) is 9.06. The number of nitrogens with one attached hydrogen (secondary N) is 2. The summed E-state index contributed by atoms with van der Waals surface area (Å²) in [5.74, 6) is 3.45. The van der Waals surface area contributed by atoms with Crippen LogP contribution in [0.25, 0.3) is 0 Å². The van der Waals surface area contributed by atoms with Gasteiger partial charge in [-0.2, -0.15) is 0 Å². The van der Waals surface area contributed by atoms with Crippen LogP contribution in [-0.2, 0) is 19.4 Å². The summed E-state index contributed by atoms with van der Waals surface area (Å²) < 4.78 is 16.4. The molecule has 0 aliphatic heterocycles. The first-order valence-corrected chi connectivity index (χ1v) is 11.3. The third kappa shape index (κ3) is 4.56. The van der Waals surface area contributed by atoms with Gasteiger partial charge in [0.2, 0.25) is 0 Å². The fourth-order valence-electron chi connectivity index (χ4n) is 3.96. The molecule has 2 heterocycles. The summed E-state index contributed by atoms with van der Waals surface area (Å²) >= 11 is 1.68. The molecule has 1 aliphatic carbocycles. The van der Waals surface area contributed by atoms with Crippen LogP contribution in [0.5, 0.6) is 11.5 Å². The van der Waals surface area contributed by atoms with Crippen LogP contribution in [0.3, 0.4) is 0 Å². The van der Waals surface area contributed by atoms with E-state index in [-0.39, 0.29) is 5.91 Å². The van der Waals surface area contributed by atoms with Crippen LogP contribution >= 0.6 is 11.3 Å². The van der Waals surface area contributed by atoms with Crippen LogP contribution in [-0.4, -0.2) is 20.1 Å². The van der Waals surface area contributed by atoms with E-state index in [0.717, 1.165) is 46.9 Å². The Morgan fingerprint density at radius 3 is 2.77 bits per heavy atom. The van der Waals surface area contributed by atoms with Gasteiger partial charge in [-0.05, 0) is 61.9 Å². The van der Waals surface area contributed by atoms with Crippen LogP contribution in [0.2, 0.25) is 0 Å². The van der Waals surface area contributed by atoms with E-state index in [1.165, 1.54) is 4.88 Å². The topological polar surface area (TPSA) is 72.7 Å². The first-order chi connectivity index (χ1) is 15.0. The summed E-state index contributed by atoms with van der Waals surface area (Å²) in [5, 5.41) is 7.36. The molecule has 2 aromatic heterocycles. The van der Waals surface area contributed by atoms with Gasteiger partial charge in [-0.1, -0.05) is 6.92 Å². The van der Waals surface area contributed by atoms with Crippen molar-refractivity contribution in [2.45, 2.75) is 39.7 Å². The quantitative estimate of drug-likeness (QED) is 0.496. The van der Waals surface area contributed by atoms with E-state index in [1.807, 2.05) is 19.1 Å². The minimum Gasteiger partial charge on any atom is -0.497 e. The summed E-state index contributed by atoms with van der Waals surface area (Å²) in [4.78, 5) is 14.8. The molecule has 0 radical (unpaired) electrons. The summed E-state index contributed by atoms with van der Waals surface area (Å²) in [6.07, 6.45) is 3.00. The lowest BCUT2D eigenvalue weighted by Crippen LogP contribution is -2.18. The molecule has 0 saturated heterocycles. The predicted octanol–water partition coefficient (Wildman–Crippen LogP) is 5.66. The average Bonchev–Trinajstić information content (AvgIpc) is 3.34. The van der Waals surface area contributed by atoms with Gasteiger partial charge in [0, 0.05) is 10.9 Å². The van der Waals surface area contributed by atoms with Crippen molar-refractivity contribution in [3.63, 3.8) is 0 Å². The van der Waals surface area contributed by atoms with Crippen molar-refractivity contribution in [2.24, 2.45) is 5.92 Å². The molecule has 0 bridgehead atoms. The van der Waals surface area contributed by atoms with E-state index in [9.17, 15) is 4.79 Å². The Labute approximate surface area is 186 Å². The molecular formula is C24H28N2O4S. The normalized spacial score (nSPS) is 15.3. The van der Waals surface area contributed by atoms with Crippen LogP contribution in [0.15, 0.2) is 34.7 Å². The van der Waals surface area contributed by atoms with Crippen LogP contribution in [0, 0.1) is 12.8 Å². The van der Waals surface area contributed by atoms with Crippen molar-refractivity contribution in [3.8, 4) is 11.5 Å². The zero-order valence-corrected chi connectivity index (χ0v) is 19.2. The van der Waals surface area contributed by atoms with E-state index >= 15 is 0 Å². The Bertz CT molecular complexity index is 1090. The summed E-state index contributed by atoms with van der Waals surface area (Å²) in [6, 6.07) is 9.27. The molecule has 1 atom stereocenters. The number of carbonyl (C=O) groups is 1. The van der Waals surface area contributed by atoms with E-state index in [0.29, 0.717) is 29.6 Å². The van der Waals surface area contributed by atoms with E-state index in [2.05, 4.69) is 17.6 Å². The SMILES string of the molecule is COc1ccc(OC)c(NC(=O)c2c(NCc3ccc(C)o3)sc3c2CC[C@@H](C)C3)c1. The maximum absolute atomic E-state index is 13.5. The zero-order valence-electron chi connectivity index (χ0n) is 18.3. The molecule has 0 fully saturated rings. The molecule has 31 heavy (non-hydrogen) atoms. The van der Waals surface area contributed by atoms with Crippen molar-refractivity contribution in [1.29, 1.82) is 0 Å². The molecule has 6 nitrogen and oxygen atoms in total. The molecule has 7 heteroatoms. The zero-order chi connectivity index (χ0) is 22.0. The molecule has 3 aromatic rings. The molecule has 1 amide bonds. The summed E-state index contributed by atoms with van der Waals surface area (Å²) in [6.45, 7) is 4.73. The molecule has 2 N–H and O–H groups in total. The van der Waals surface area contributed by atoms with Gasteiger partial charge in [0.25, 0.3) is 5.91 Å². The number of carbonyl (C=O) groups excluding carboxylic acids is 1. The van der Waals surface area contributed by atoms with Gasteiger partial charge < -0.3 is 24.5 Å². The van der Waals surface area contributed by atoms with Gasteiger partial charge in [0.1, 0.15) is 28.0 Å². The Kier molecular flexibility index (Phi) is 6.23. The molecule has 0 spiro atoms. The van der Waals surface area contributed by atoms with Crippen LogP contribution in [0.1, 0.15) is 45.7 Å². The average molecular weight is 441 g/mol. The minimum atomic E-state index is -0.142. The Morgan fingerprint density at radius 2 is 2.06 bits per heavy atom. The Balaban J connectivity index is 1.65. The fraction of sp³-hybridized carbons (Fsp3) is 0.375. The fourth-order valence-corrected chi connectivity index (χ4v) is 5.36. The standard InChI is InChI=1S/C24H28N2O4S/c1-14-5-9-18-21(11-14)31-24(25-13-17-7-6-15(2)30-17)22(18)23(27)26-19-12-16(28-3)8-10-20(19)29-4/h6-8,10,12,14,25H,5,9,11,13H2,1-4H3,(H,26,27)/t14-/m1/s1. The number of benzene rings is 1. The molecule has 4 rings (SSSR count). The number of rotatable bonds is 7. The smallest absolute Gasteiger partial charge is 0.259 e. The van der Waals surface area contributed by atoms with E-state index < -0.39 is 0 Å². The number of hydrogen-bond donors (Lipinski definition) is 2. The van der Waals surface area contributed by atoms with E-state index in [4.69, 9.17) is 13.9 Å². The number of ether oxygens (including phenoxy) is 2. The van der Waals surface area contributed by atoms with Crippen molar-refractivity contribution in [2.75, 3.05) is 24.9 Å². The van der Waals surface area contributed by atoms with Crippen LogP contribution < -0.4 is 20.1 Å². The van der Waals surface area contributed by atoms with Crippen molar-refractivity contribution in [1.82, 2.24) is 0 Å². The third-order valence-corrected chi connectivity index (χ3v) is 6.82. The highest BCUT2D eigenvalue weighted by Crippen LogP contribution is 2.41. The predicted molar refractivity (Wildman–Crippen MR) is 124 cm³/mol. The Morgan fingerprint density at radius 1 is 1.23 bits per heavy atom. The number of fused-ring (bicyclic) bond motifs is 1. The minimum absolute atomic E-state index is 0.142. The largest absolute Gasteiger partial charge is 0.497 e. The number of aryl methyl sites for hydroxylation is 1. The third-order valence-electron chi connectivity index (χ3n) is 5.61. The second-order valence-corrected chi connectivity index (χ2v) is 9.05. The number of hydrogen-bond acceptors (Lipinski definition) is 6. The number of thiophene rings is 1. The van der Waals surface area contributed by atoms with Crippen molar-refractivity contribution < 1.29 is 18.7 Å². The number of anilines is 2. The lowest BCUT2D eigenvalue weighted by molar-refractivity contribution is 0.102. The van der Waals surface area contributed by atoms with Gasteiger partial charge in [-0.3, -0.25) is 4.79 Å². The lowest BCUT2D eigenvalue weighted by atomic mass is 9.88. The number of methoxy groups -OCH3 is 2. The molecule has 164 valence electrons. The first-order valence-electron chi connectivity index (χ1n) is 10.5. The molecule has 1 aliphatic rings. The molecule has 1 aromatic carbocycles. The van der Waals surface area contributed by atoms with Crippen molar-refractivity contribution >= 4 is 27.9 Å².